The van der Waals surface area contributed by atoms with Crippen molar-refractivity contribution in [2.75, 3.05) is 13.7 Å². The van der Waals surface area contributed by atoms with Gasteiger partial charge in [-0.1, -0.05) is 42.5 Å². The van der Waals surface area contributed by atoms with Crippen molar-refractivity contribution in [1.82, 2.24) is 10.2 Å². The Morgan fingerprint density at radius 3 is 2.81 bits per heavy atom. The van der Waals surface area contributed by atoms with Crippen molar-refractivity contribution in [3.63, 3.8) is 0 Å². The van der Waals surface area contributed by atoms with Gasteiger partial charge in [-0.3, -0.25) is 9.59 Å². The molecule has 0 aliphatic carbocycles. The zero-order valence-electron chi connectivity index (χ0n) is 17.4. The van der Waals surface area contributed by atoms with Gasteiger partial charge in [-0.2, -0.15) is 0 Å². The molecule has 0 radical (unpaired) electrons. The van der Waals surface area contributed by atoms with Gasteiger partial charge < -0.3 is 15.0 Å². The number of hydrogen-bond acceptors (Lipinski definition) is 3. The van der Waals surface area contributed by atoms with Gasteiger partial charge in [0.2, 0.25) is 11.8 Å². The second-order valence-corrected chi connectivity index (χ2v) is 7.83. The SMILES string of the molecule is COc1ccc2ccccc2c1CNC(=O)C1CCC(=O)N(Cc2cccc(F)c2)C1. The summed E-state index contributed by atoms with van der Waals surface area (Å²) in [6.45, 7) is 0.975. The number of rotatable bonds is 6. The maximum absolute atomic E-state index is 13.5. The molecule has 6 heteroatoms. The van der Waals surface area contributed by atoms with Crippen LogP contribution in [0.3, 0.4) is 0 Å². The maximum atomic E-state index is 13.5. The quantitative estimate of drug-likeness (QED) is 0.655. The van der Waals surface area contributed by atoms with Gasteiger partial charge in [-0.05, 0) is 41.0 Å². The average Bonchev–Trinajstić information content (AvgIpc) is 2.78. The Balaban J connectivity index is 1.44. The van der Waals surface area contributed by atoms with Crippen LogP contribution in [0.25, 0.3) is 10.8 Å². The molecule has 2 amide bonds. The second-order valence-electron chi connectivity index (χ2n) is 7.83. The van der Waals surface area contributed by atoms with Crippen molar-refractivity contribution in [2.45, 2.75) is 25.9 Å². The van der Waals surface area contributed by atoms with Crippen LogP contribution in [-0.2, 0) is 22.7 Å². The van der Waals surface area contributed by atoms with Crippen molar-refractivity contribution >= 4 is 22.6 Å². The lowest BCUT2D eigenvalue weighted by molar-refractivity contribution is -0.139. The van der Waals surface area contributed by atoms with Crippen LogP contribution in [0.1, 0.15) is 24.0 Å². The molecule has 1 N–H and O–H groups in total. The zero-order chi connectivity index (χ0) is 21.8. The van der Waals surface area contributed by atoms with E-state index < -0.39 is 0 Å². The molecule has 3 aromatic carbocycles. The van der Waals surface area contributed by atoms with Crippen LogP contribution in [0.2, 0.25) is 0 Å². The van der Waals surface area contributed by atoms with E-state index in [4.69, 9.17) is 4.74 Å². The van der Waals surface area contributed by atoms with Crippen molar-refractivity contribution in [1.29, 1.82) is 0 Å². The van der Waals surface area contributed by atoms with Gasteiger partial charge in [0.15, 0.2) is 0 Å². The summed E-state index contributed by atoms with van der Waals surface area (Å²) in [5.41, 5.74) is 1.65. The fourth-order valence-corrected chi connectivity index (χ4v) is 4.15. The third kappa shape index (κ3) is 4.68. The number of hydrogen-bond donors (Lipinski definition) is 1. The molecule has 31 heavy (non-hydrogen) atoms. The lowest BCUT2D eigenvalue weighted by Gasteiger charge is -2.32. The van der Waals surface area contributed by atoms with Crippen LogP contribution >= 0.6 is 0 Å². The summed E-state index contributed by atoms with van der Waals surface area (Å²) in [4.78, 5) is 26.9. The number of likely N-dealkylation sites (tertiary alicyclic amines) is 1. The summed E-state index contributed by atoms with van der Waals surface area (Å²) in [7, 11) is 1.62. The van der Waals surface area contributed by atoms with E-state index in [0.717, 1.165) is 27.6 Å². The minimum Gasteiger partial charge on any atom is -0.496 e. The molecule has 4 rings (SSSR count). The molecule has 1 aliphatic rings. The number of fused-ring (bicyclic) bond motifs is 1. The van der Waals surface area contributed by atoms with Crippen LogP contribution in [-0.4, -0.2) is 30.4 Å². The fourth-order valence-electron chi connectivity index (χ4n) is 4.15. The second kappa shape index (κ2) is 9.16. The van der Waals surface area contributed by atoms with E-state index in [1.54, 1.807) is 24.1 Å². The summed E-state index contributed by atoms with van der Waals surface area (Å²) in [6.07, 6.45) is 0.821. The zero-order valence-corrected chi connectivity index (χ0v) is 17.4. The number of halogens is 1. The van der Waals surface area contributed by atoms with Crippen molar-refractivity contribution in [2.24, 2.45) is 5.92 Å². The lowest BCUT2D eigenvalue weighted by Crippen LogP contribution is -2.45. The number of ether oxygens (including phenoxy) is 1. The molecule has 0 saturated carbocycles. The molecule has 1 heterocycles. The minimum absolute atomic E-state index is 0.0102. The lowest BCUT2D eigenvalue weighted by atomic mass is 9.95. The summed E-state index contributed by atoms with van der Waals surface area (Å²) in [5, 5.41) is 5.14. The fraction of sp³-hybridized carbons (Fsp3) is 0.280. The smallest absolute Gasteiger partial charge is 0.225 e. The average molecular weight is 420 g/mol. The summed E-state index contributed by atoms with van der Waals surface area (Å²) in [5.74, 6) is -0.00571. The summed E-state index contributed by atoms with van der Waals surface area (Å²) >= 11 is 0. The number of carbonyl (C=O) groups excluding carboxylic acids is 2. The number of amides is 2. The molecule has 0 aromatic heterocycles. The summed E-state index contributed by atoms with van der Waals surface area (Å²) in [6, 6.07) is 18.1. The van der Waals surface area contributed by atoms with Crippen LogP contribution in [0, 0.1) is 11.7 Å². The van der Waals surface area contributed by atoms with Gasteiger partial charge in [0.05, 0.1) is 13.0 Å². The Morgan fingerprint density at radius 2 is 2.00 bits per heavy atom. The Hall–Kier alpha value is -3.41. The first kappa shape index (κ1) is 20.8. The molecular formula is C25H25FN2O3. The highest BCUT2D eigenvalue weighted by atomic mass is 19.1. The first-order valence-electron chi connectivity index (χ1n) is 10.4. The van der Waals surface area contributed by atoms with E-state index >= 15 is 0 Å². The van der Waals surface area contributed by atoms with Gasteiger partial charge in [0.25, 0.3) is 0 Å². The van der Waals surface area contributed by atoms with E-state index in [-0.39, 0.29) is 23.5 Å². The van der Waals surface area contributed by atoms with Gasteiger partial charge in [-0.15, -0.1) is 0 Å². The Kier molecular flexibility index (Phi) is 6.16. The molecule has 3 aromatic rings. The molecule has 5 nitrogen and oxygen atoms in total. The molecule has 1 atom stereocenters. The summed E-state index contributed by atoms with van der Waals surface area (Å²) < 4.78 is 19.0. The van der Waals surface area contributed by atoms with Crippen LogP contribution < -0.4 is 10.1 Å². The highest BCUT2D eigenvalue weighted by molar-refractivity contribution is 5.89. The Bertz CT molecular complexity index is 1110. The van der Waals surface area contributed by atoms with Gasteiger partial charge in [-0.25, -0.2) is 4.39 Å². The monoisotopic (exact) mass is 420 g/mol. The number of piperidine rings is 1. The molecule has 0 spiro atoms. The standard InChI is InChI=1S/C25H25FN2O3/c1-31-23-11-9-18-6-2-3-8-21(18)22(23)14-27-25(30)19-10-12-24(29)28(16-19)15-17-5-4-7-20(26)13-17/h2-9,11,13,19H,10,12,14-16H2,1H3,(H,27,30). The van der Waals surface area contributed by atoms with Crippen LogP contribution in [0.15, 0.2) is 60.7 Å². The highest BCUT2D eigenvalue weighted by Gasteiger charge is 2.30. The van der Waals surface area contributed by atoms with Gasteiger partial charge in [0.1, 0.15) is 11.6 Å². The van der Waals surface area contributed by atoms with E-state index in [2.05, 4.69) is 5.32 Å². The van der Waals surface area contributed by atoms with E-state index in [9.17, 15) is 14.0 Å². The van der Waals surface area contributed by atoms with Crippen LogP contribution in [0.4, 0.5) is 4.39 Å². The van der Waals surface area contributed by atoms with Gasteiger partial charge in [0, 0.05) is 31.6 Å². The number of nitrogens with zero attached hydrogens (tertiary/aromatic N) is 1. The van der Waals surface area contributed by atoms with Crippen LogP contribution in [0.5, 0.6) is 5.75 Å². The minimum atomic E-state index is -0.333. The molecular weight excluding hydrogens is 395 g/mol. The molecule has 1 fully saturated rings. The first-order chi connectivity index (χ1) is 15.0. The predicted molar refractivity (Wildman–Crippen MR) is 117 cm³/mol. The topological polar surface area (TPSA) is 58.6 Å². The molecule has 0 bridgehead atoms. The number of benzene rings is 3. The molecule has 1 saturated heterocycles. The largest absolute Gasteiger partial charge is 0.496 e. The normalized spacial score (nSPS) is 16.4. The van der Waals surface area contributed by atoms with E-state index in [0.29, 0.717) is 32.5 Å². The number of carbonyl (C=O) groups is 2. The number of methoxy groups -OCH3 is 1. The maximum Gasteiger partial charge on any atom is 0.225 e. The van der Waals surface area contributed by atoms with Crippen molar-refractivity contribution in [3.8, 4) is 5.75 Å². The van der Waals surface area contributed by atoms with Gasteiger partial charge >= 0.3 is 0 Å². The third-order valence-electron chi connectivity index (χ3n) is 5.79. The molecule has 1 aliphatic heterocycles. The first-order valence-corrected chi connectivity index (χ1v) is 10.4. The molecule has 1 unspecified atom stereocenters. The van der Waals surface area contributed by atoms with E-state index in [1.165, 1.54) is 12.1 Å². The van der Waals surface area contributed by atoms with Crippen molar-refractivity contribution in [3.05, 3.63) is 77.6 Å². The van der Waals surface area contributed by atoms with Crippen molar-refractivity contribution < 1.29 is 18.7 Å². The highest BCUT2D eigenvalue weighted by Crippen LogP contribution is 2.28. The predicted octanol–water partition coefficient (Wildman–Crippen LogP) is 4.04. The third-order valence-corrected chi connectivity index (χ3v) is 5.79. The Labute approximate surface area is 180 Å². The Morgan fingerprint density at radius 1 is 1.16 bits per heavy atom. The number of nitrogens with one attached hydrogen (secondary N) is 1. The molecule has 160 valence electrons. The van der Waals surface area contributed by atoms with E-state index in [1.807, 2.05) is 36.4 Å².